The van der Waals surface area contributed by atoms with Crippen LogP contribution in [0.25, 0.3) is 17.1 Å². The molecule has 1 heterocycles. The fourth-order valence-corrected chi connectivity index (χ4v) is 1.96. The van der Waals surface area contributed by atoms with Gasteiger partial charge in [0.1, 0.15) is 5.56 Å². The lowest BCUT2D eigenvalue weighted by molar-refractivity contribution is 0.0694. The van der Waals surface area contributed by atoms with Crippen LogP contribution in [0.4, 0.5) is 0 Å². The quantitative estimate of drug-likeness (QED) is 0.857. The molecule has 0 spiro atoms. The first-order chi connectivity index (χ1) is 8.07. The minimum Gasteiger partial charge on any atom is -0.477 e. The first-order valence-corrected chi connectivity index (χ1v) is 5.07. The van der Waals surface area contributed by atoms with Crippen molar-refractivity contribution in [3.8, 4) is 0 Å². The Morgan fingerprint density at radius 3 is 2.65 bits per heavy atom. The average Bonchev–Trinajstić information content (AvgIpc) is 2.29. The van der Waals surface area contributed by atoms with Crippen molar-refractivity contribution >= 4 is 23.1 Å². The number of nitrogens with zero attached hydrogens (tertiary/aromatic N) is 1. The molecule has 0 saturated heterocycles. The molecule has 0 atom stereocenters. The van der Waals surface area contributed by atoms with E-state index < -0.39 is 11.4 Å². The average molecular weight is 229 g/mol. The van der Waals surface area contributed by atoms with Crippen LogP contribution in [0.1, 0.15) is 16.1 Å². The summed E-state index contributed by atoms with van der Waals surface area (Å²) in [5, 5.41) is 9.46. The van der Waals surface area contributed by atoms with Crippen molar-refractivity contribution in [2.24, 2.45) is 0 Å². The zero-order valence-electron chi connectivity index (χ0n) is 9.30. The third kappa shape index (κ3) is 1.54. The Morgan fingerprint density at radius 2 is 2.06 bits per heavy atom. The molecule has 1 N–H and O–H groups in total. The van der Waals surface area contributed by atoms with E-state index in [-0.39, 0.29) is 5.56 Å². The number of carboxylic acids is 1. The minimum atomic E-state index is -1.21. The molecule has 17 heavy (non-hydrogen) atoms. The maximum atomic E-state index is 12.0. The van der Waals surface area contributed by atoms with E-state index in [0.717, 1.165) is 0 Å². The number of pyridine rings is 1. The van der Waals surface area contributed by atoms with Crippen LogP contribution in [-0.4, -0.2) is 15.6 Å². The van der Waals surface area contributed by atoms with Gasteiger partial charge in [-0.15, -0.1) is 0 Å². The van der Waals surface area contributed by atoms with Gasteiger partial charge in [-0.3, -0.25) is 4.79 Å². The molecule has 1 aromatic heterocycles. The second-order valence-electron chi connectivity index (χ2n) is 3.66. The van der Waals surface area contributed by atoms with Gasteiger partial charge in [0, 0.05) is 17.3 Å². The van der Waals surface area contributed by atoms with Crippen LogP contribution in [0.2, 0.25) is 0 Å². The van der Waals surface area contributed by atoms with Crippen molar-refractivity contribution in [3.05, 3.63) is 52.3 Å². The summed E-state index contributed by atoms with van der Waals surface area (Å²) in [5.41, 5.74) is 0.388. The van der Waals surface area contributed by atoms with Gasteiger partial charge in [0.2, 0.25) is 5.43 Å². The zero-order chi connectivity index (χ0) is 12.6. The Hall–Kier alpha value is -2.36. The van der Waals surface area contributed by atoms with E-state index in [4.69, 9.17) is 5.11 Å². The summed E-state index contributed by atoms with van der Waals surface area (Å²) in [6.45, 7) is 5.24. The first-order valence-electron chi connectivity index (χ1n) is 5.07. The highest BCUT2D eigenvalue weighted by molar-refractivity contribution is 5.94. The fourth-order valence-electron chi connectivity index (χ4n) is 1.96. The van der Waals surface area contributed by atoms with Crippen LogP contribution in [0.15, 0.2) is 35.6 Å². The van der Waals surface area contributed by atoms with Crippen LogP contribution in [0.3, 0.4) is 0 Å². The lowest BCUT2D eigenvalue weighted by Crippen LogP contribution is -2.20. The molecule has 0 aliphatic heterocycles. The number of para-hydroxylation sites is 1. The molecule has 0 saturated carbocycles. The van der Waals surface area contributed by atoms with Gasteiger partial charge >= 0.3 is 5.97 Å². The molecule has 4 heteroatoms. The number of hydrogen-bond donors (Lipinski definition) is 1. The number of hydrogen-bond acceptors (Lipinski definition) is 2. The molecule has 4 nitrogen and oxygen atoms in total. The minimum absolute atomic E-state index is 0.205. The van der Waals surface area contributed by atoms with Gasteiger partial charge in [-0.1, -0.05) is 18.7 Å². The predicted octanol–water partition coefficient (Wildman–Crippen LogP) is 2.11. The number of benzene rings is 1. The summed E-state index contributed by atoms with van der Waals surface area (Å²) in [5.74, 6) is -1.21. The van der Waals surface area contributed by atoms with Gasteiger partial charge in [-0.05, 0) is 19.1 Å². The van der Waals surface area contributed by atoms with Gasteiger partial charge < -0.3 is 9.67 Å². The molecular formula is C13H11NO3. The van der Waals surface area contributed by atoms with Crippen LogP contribution < -0.4 is 5.43 Å². The summed E-state index contributed by atoms with van der Waals surface area (Å²) in [6.07, 6.45) is 1.50. The molecule has 1 aromatic carbocycles. The van der Waals surface area contributed by atoms with E-state index in [1.54, 1.807) is 35.8 Å². The molecule has 2 rings (SSSR count). The van der Waals surface area contributed by atoms with E-state index >= 15 is 0 Å². The Morgan fingerprint density at radius 1 is 1.41 bits per heavy atom. The molecule has 0 aliphatic rings. The summed E-state index contributed by atoms with van der Waals surface area (Å²) in [6, 6.07) is 6.88. The van der Waals surface area contributed by atoms with Crippen molar-refractivity contribution in [2.75, 3.05) is 0 Å². The van der Waals surface area contributed by atoms with Crippen molar-refractivity contribution < 1.29 is 9.90 Å². The molecule has 0 fully saturated rings. The smallest absolute Gasteiger partial charge is 0.341 e. The third-order valence-corrected chi connectivity index (χ3v) is 2.75. The summed E-state index contributed by atoms with van der Waals surface area (Å²) in [4.78, 5) is 23.1. The van der Waals surface area contributed by atoms with Gasteiger partial charge in [-0.2, -0.15) is 0 Å². The molecule has 0 amide bonds. The molecule has 2 aromatic rings. The SMILES string of the molecule is C=Cn1c(C)c(C(=O)O)c(=O)c2ccccc21. The van der Waals surface area contributed by atoms with Crippen LogP contribution in [-0.2, 0) is 0 Å². The number of carbonyl (C=O) groups is 1. The number of aromatic carboxylic acids is 1. The van der Waals surface area contributed by atoms with Crippen molar-refractivity contribution in [1.29, 1.82) is 0 Å². The lowest BCUT2D eigenvalue weighted by atomic mass is 10.1. The number of aromatic nitrogens is 1. The number of rotatable bonds is 2. The monoisotopic (exact) mass is 229 g/mol. The molecule has 0 unspecified atom stereocenters. The van der Waals surface area contributed by atoms with Gasteiger partial charge in [0.25, 0.3) is 0 Å². The maximum absolute atomic E-state index is 12.0. The second kappa shape index (κ2) is 3.90. The Kier molecular flexibility index (Phi) is 2.55. The van der Waals surface area contributed by atoms with E-state index in [9.17, 15) is 9.59 Å². The molecule has 0 aliphatic carbocycles. The predicted molar refractivity (Wildman–Crippen MR) is 66.3 cm³/mol. The van der Waals surface area contributed by atoms with Crippen molar-refractivity contribution in [1.82, 2.24) is 4.57 Å². The summed E-state index contributed by atoms with van der Waals surface area (Å²) in [7, 11) is 0. The van der Waals surface area contributed by atoms with Gasteiger partial charge in [0.15, 0.2) is 0 Å². The van der Waals surface area contributed by atoms with Crippen LogP contribution >= 0.6 is 0 Å². The number of fused-ring (bicyclic) bond motifs is 1. The van der Waals surface area contributed by atoms with Gasteiger partial charge in [-0.25, -0.2) is 4.79 Å². The highest BCUT2D eigenvalue weighted by Crippen LogP contribution is 2.16. The largest absolute Gasteiger partial charge is 0.477 e. The number of carboxylic acid groups (broad SMARTS) is 1. The fraction of sp³-hybridized carbons (Fsp3) is 0.0769. The summed E-state index contributed by atoms with van der Waals surface area (Å²) < 4.78 is 1.61. The van der Waals surface area contributed by atoms with Crippen LogP contribution in [0, 0.1) is 6.92 Å². The van der Waals surface area contributed by atoms with E-state index in [1.807, 2.05) is 0 Å². The Balaban J connectivity index is 3.10. The maximum Gasteiger partial charge on any atom is 0.341 e. The normalized spacial score (nSPS) is 10.4. The standard InChI is InChI=1S/C13H11NO3/c1-3-14-8(2)11(13(16)17)12(15)9-6-4-5-7-10(9)14/h3-7H,1H2,2H3,(H,16,17). The molecule has 86 valence electrons. The lowest BCUT2D eigenvalue weighted by Gasteiger charge is -2.12. The van der Waals surface area contributed by atoms with E-state index in [1.165, 1.54) is 6.20 Å². The summed E-state index contributed by atoms with van der Waals surface area (Å²) >= 11 is 0. The van der Waals surface area contributed by atoms with Crippen molar-refractivity contribution in [2.45, 2.75) is 6.92 Å². The highest BCUT2D eigenvalue weighted by atomic mass is 16.4. The van der Waals surface area contributed by atoms with E-state index in [2.05, 4.69) is 6.58 Å². The van der Waals surface area contributed by atoms with E-state index in [0.29, 0.717) is 16.6 Å². The highest BCUT2D eigenvalue weighted by Gasteiger charge is 2.17. The van der Waals surface area contributed by atoms with Crippen molar-refractivity contribution in [3.63, 3.8) is 0 Å². The van der Waals surface area contributed by atoms with Gasteiger partial charge in [0.05, 0.1) is 5.52 Å². The Bertz CT molecular complexity index is 683. The first kappa shape index (κ1) is 11.1. The second-order valence-corrected chi connectivity index (χ2v) is 3.66. The molecule has 0 bridgehead atoms. The molecule has 0 radical (unpaired) electrons. The zero-order valence-corrected chi connectivity index (χ0v) is 9.30. The third-order valence-electron chi connectivity index (χ3n) is 2.75. The molecular weight excluding hydrogens is 218 g/mol. The topological polar surface area (TPSA) is 59.3 Å². The van der Waals surface area contributed by atoms with Crippen LogP contribution in [0.5, 0.6) is 0 Å². The Labute approximate surface area is 97.4 Å².